The summed E-state index contributed by atoms with van der Waals surface area (Å²) in [5.74, 6) is 0.491. The van der Waals surface area contributed by atoms with Crippen LogP contribution >= 0.6 is 12.4 Å². The number of nitrogens with one attached hydrogen (secondary N) is 1. The molecule has 1 fully saturated rings. The number of fused-ring (bicyclic) bond motifs is 1. The molecule has 25 heavy (non-hydrogen) atoms. The van der Waals surface area contributed by atoms with E-state index in [1.807, 2.05) is 39.8 Å². The van der Waals surface area contributed by atoms with E-state index in [0.29, 0.717) is 30.2 Å². The molecule has 6 nitrogen and oxygen atoms in total. The van der Waals surface area contributed by atoms with Crippen molar-refractivity contribution in [3.63, 3.8) is 0 Å². The van der Waals surface area contributed by atoms with Crippen LogP contribution in [0.4, 0.5) is 5.69 Å². The predicted molar refractivity (Wildman–Crippen MR) is 100.0 cm³/mol. The van der Waals surface area contributed by atoms with E-state index >= 15 is 0 Å². The summed E-state index contributed by atoms with van der Waals surface area (Å²) in [6, 6.07) is 5.43. The first-order valence-corrected chi connectivity index (χ1v) is 8.43. The Balaban J connectivity index is 0.00000225. The van der Waals surface area contributed by atoms with E-state index < -0.39 is 11.0 Å². The number of ether oxygens (including phenoxy) is 1. The molecule has 0 aliphatic heterocycles. The summed E-state index contributed by atoms with van der Waals surface area (Å²) in [6.07, 6.45) is 1.25. The van der Waals surface area contributed by atoms with Gasteiger partial charge in [-0.1, -0.05) is 20.8 Å². The topological polar surface area (TPSA) is 90.4 Å². The maximum atomic E-state index is 12.7. The second-order valence-electron chi connectivity index (χ2n) is 6.94. The first-order chi connectivity index (χ1) is 11.3. The molecule has 1 heterocycles. The fraction of sp³-hybridized carbons (Fsp3) is 0.556. The van der Waals surface area contributed by atoms with Crippen LogP contribution in [0.25, 0.3) is 11.1 Å². The summed E-state index contributed by atoms with van der Waals surface area (Å²) in [5, 5.41) is 2.92. The molecule has 1 aliphatic carbocycles. The first-order valence-electron chi connectivity index (χ1n) is 8.43. The zero-order chi connectivity index (χ0) is 17.5. The van der Waals surface area contributed by atoms with E-state index in [4.69, 9.17) is 14.9 Å². The van der Waals surface area contributed by atoms with Crippen LogP contribution in [0.15, 0.2) is 22.6 Å². The Labute approximate surface area is 153 Å². The normalized spacial score (nSPS) is 24.4. The zero-order valence-corrected chi connectivity index (χ0v) is 15.9. The highest BCUT2D eigenvalue weighted by molar-refractivity contribution is 6.00. The number of aromatic nitrogens is 1. The van der Waals surface area contributed by atoms with Gasteiger partial charge in [0, 0.05) is 30.6 Å². The Hall–Kier alpha value is -1.63. The first kappa shape index (κ1) is 19.7. The molecule has 2 aromatic rings. The fourth-order valence-electron chi connectivity index (χ4n) is 3.27. The molecule has 7 heteroatoms. The van der Waals surface area contributed by atoms with Gasteiger partial charge in [-0.3, -0.25) is 4.79 Å². The minimum Gasteiger partial charge on any atom is -0.441 e. The number of amides is 1. The third-order valence-corrected chi connectivity index (χ3v) is 5.23. The van der Waals surface area contributed by atoms with Crippen molar-refractivity contribution >= 4 is 35.1 Å². The molecule has 2 atom stereocenters. The Kier molecular flexibility index (Phi) is 5.47. The third kappa shape index (κ3) is 3.14. The number of benzene rings is 1. The van der Waals surface area contributed by atoms with Crippen molar-refractivity contribution in [1.82, 2.24) is 4.98 Å². The number of nitrogens with two attached hydrogens (primary N) is 1. The van der Waals surface area contributed by atoms with E-state index in [1.54, 1.807) is 6.07 Å². The van der Waals surface area contributed by atoms with Crippen LogP contribution in [0, 0.1) is 5.41 Å². The van der Waals surface area contributed by atoms with Gasteiger partial charge in [-0.05, 0) is 25.1 Å². The Morgan fingerprint density at radius 3 is 2.76 bits per heavy atom. The van der Waals surface area contributed by atoms with Gasteiger partial charge >= 0.3 is 0 Å². The molecule has 0 bridgehead atoms. The smallest absolute Gasteiger partial charge is 0.245 e. The minimum absolute atomic E-state index is 0. The largest absolute Gasteiger partial charge is 0.441 e. The number of aryl methyl sites for hydroxylation is 1. The molecule has 0 spiro atoms. The minimum atomic E-state index is -0.944. The molecule has 138 valence electrons. The highest BCUT2D eigenvalue weighted by Gasteiger charge is 2.62. The average molecular weight is 368 g/mol. The lowest BCUT2D eigenvalue weighted by molar-refractivity contribution is -0.166. The number of oxazole rings is 1. The number of carbonyl (C=O) groups is 1. The fourth-order valence-corrected chi connectivity index (χ4v) is 3.27. The summed E-state index contributed by atoms with van der Waals surface area (Å²) in [7, 11) is 0. The second kappa shape index (κ2) is 6.94. The van der Waals surface area contributed by atoms with Crippen molar-refractivity contribution in [2.75, 3.05) is 11.9 Å². The van der Waals surface area contributed by atoms with E-state index in [-0.39, 0.29) is 24.4 Å². The molecule has 1 aliphatic rings. The van der Waals surface area contributed by atoms with Crippen LogP contribution < -0.4 is 11.1 Å². The van der Waals surface area contributed by atoms with Crippen LogP contribution in [0.2, 0.25) is 0 Å². The third-order valence-electron chi connectivity index (χ3n) is 5.23. The highest BCUT2D eigenvalue weighted by atomic mass is 35.5. The number of anilines is 1. The lowest BCUT2D eigenvalue weighted by Crippen LogP contribution is -2.74. The van der Waals surface area contributed by atoms with Crippen LogP contribution in [0.5, 0.6) is 0 Å². The number of rotatable bonds is 5. The summed E-state index contributed by atoms with van der Waals surface area (Å²) < 4.78 is 11.3. The molecule has 3 N–H and O–H groups in total. The number of hydrogen-bond acceptors (Lipinski definition) is 5. The summed E-state index contributed by atoms with van der Waals surface area (Å²) >= 11 is 0. The van der Waals surface area contributed by atoms with E-state index in [2.05, 4.69) is 10.3 Å². The Morgan fingerprint density at radius 1 is 1.44 bits per heavy atom. The monoisotopic (exact) mass is 367 g/mol. The molecule has 0 radical (unpaired) electrons. The van der Waals surface area contributed by atoms with Gasteiger partial charge in [-0.15, -0.1) is 12.4 Å². The quantitative estimate of drug-likeness (QED) is 0.846. The number of carbonyl (C=O) groups excluding carboxylic acids is 1. The number of halogens is 1. The Bertz CT molecular complexity index is 774. The second-order valence-corrected chi connectivity index (χ2v) is 6.94. The van der Waals surface area contributed by atoms with Crippen LogP contribution in [-0.2, 0) is 16.0 Å². The summed E-state index contributed by atoms with van der Waals surface area (Å²) in [4.78, 5) is 17.1. The molecule has 1 aromatic heterocycles. The number of hydrogen-bond donors (Lipinski definition) is 2. The van der Waals surface area contributed by atoms with Crippen molar-refractivity contribution in [2.24, 2.45) is 11.1 Å². The standard InChI is InChI=1S/C18H25N3O3.ClH/c1-5-15-21-12-9-11(7-8-13(12)24-15)20-16(22)18(19)10-14(23-6-2)17(18,3)4;/h7-9,14H,5-6,10,19H2,1-4H3,(H,20,22);1H. The van der Waals surface area contributed by atoms with Gasteiger partial charge in [-0.25, -0.2) is 4.98 Å². The highest BCUT2D eigenvalue weighted by Crippen LogP contribution is 2.50. The van der Waals surface area contributed by atoms with Gasteiger partial charge in [0.2, 0.25) is 5.91 Å². The van der Waals surface area contributed by atoms with E-state index in [0.717, 1.165) is 11.9 Å². The van der Waals surface area contributed by atoms with Crippen molar-refractivity contribution in [3.05, 3.63) is 24.1 Å². The summed E-state index contributed by atoms with van der Waals surface area (Å²) in [6.45, 7) is 8.51. The number of nitrogens with zero attached hydrogens (tertiary/aromatic N) is 1. The molecule has 0 saturated heterocycles. The van der Waals surface area contributed by atoms with E-state index in [9.17, 15) is 4.79 Å². The molecular formula is C18H26ClN3O3. The van der Waals surface area contributed by atoms with Crippen molar-refractivity contribution in [1.29, 1.82) is 0 Å². The van der Waals surface area contributed by atoms with Gasteiger partial charge < -0.3 is 20.2 Å². The molecule has 2 unspecified atom stereocenters. The molecule has 1 aromatic carbocycles. The average Bonchev–Trinajstić information content (AvgIpc) is 2.96. The van der Waals surface area contributed by atoms with Gasteiger partial charge in [0.25, 0.3) is 0 Å². The predicted octanol–water partition coefficient (Wildman–Crippen LogP) is 3.28. The van der Waals surface area contributed by atoms with Crippen LogP contribution in [0.1, 0.15) is 40.0 Å². The van der Waals surface area contributed by atoms with Crippen LogP contribution in [-0.4, -0.2) is 29.1 Å². The van der Waals surface area contributed by atoms with Crippen LogP contribution in [0.3, 0.4) is 0 Å². The Morgan fingerprint density at radius 2 is 2.16 bits per heavy atom. The lowest BCUT2D eigenvalue weighted by Gasteiger charge is -2.57. The van der Waals surface area contributed by atoms with Crippen molar-refractivity contribution < 1.29 is 13.9 Å². The van der Waals surface area contributed by atoms with Gasteiger partial charge in [0.05, 0.1) is 6.10 Å². The molecular weight excluding hydrogens is 342 g/mol. The molecule has 1 saturated carbocycles. The SMILES string of the molecule is CCOC1CC(N)(C(=O)Nc2ccc3oc(CC)nc3c2)C1(C)C.Cl. The van der Waals surface area contributed by atoms with Gasteiger partial charge in [-0.2, -0.15) is 0 Å². The molecule has 1 amide bonds. The maximum absolute atomic E-state index is 12.7. The van der Waals surface area contributed by atoms with E-state index in [1.165, 1.54) is 0 Å². The van der Waals surface area contributed by atoms with Gasteiger partial charge in [0.1, 0.15) is 11.1 Å². The van der Waals surface area contributed by atoms with Crippen molar-refractivity contribution in [2.45, 2.75) is 52.2 Å². The molecule has 3 rings (SSSR count). The van der Waals surface area contributed by atoms with Crippen molar-refractivity contribution in [3.8, 4) is 0 Å². The van der Waals surface area contributed by atoms with Gasteiger partial charge in [0.15, 0.2) is 11.5 Å². The summed E-state index contributed by atoms with van der Waals surface area (Å²) in [5.41, 5.74) is 7.16. The zero-order valence-electron chi connectivity index (χ0n) is 15.1. The lowest BCUT2D eigenvalue weighted by atomic mass is 9.54. The maximum Gasteiger partial charge on any atom is 0.245 e.